The number of benzene rings is 2. The third-order valence-electron chi connectivity index (χ3n) is 2.81. The lowest BCUT2D eigenvalue weighted by molar-refractivity contribution is 0.151. The zero-order valence-corrected chi connectivity index (χ0v) is 12.5. The molecule has 2 rings (SSSR count). The molecular formula is C16H15F2N3S. The number of nitrogens with two attached hydrogens (primary N) is 1. The van der Waals surface area contributed by atoms with E-state index in [-0.39, 0.29) is 10.7 Å². The third-order valence-corrected chi connectivity index (χ3v) is 3.67. The largest absolute Gasteiger partial charge is 0.377 e. The molecular weight excluding hydrogens is 304 g/mol. The predicted molar refractivity (Wildman–Crippen MR) is 88.4 cm³/mol. The van der Waals surface area contributed by atoms with Crippen LogP contribution in [-0.4, -0.2) is 11.4 Å². The van der Waals surface area contributed by atoms with Crippen molar-refractivity contribution in [3.05, 3.63) is 71.3 Å². The van der Waals surface area contributed by atoms with Crippen LogP contribution >= 0.6 is 11.8 Å². The Balaban J connectivity index is 1.96. The monoisotopic (exact) mass is 319 g/mol. The highest BCUT2D eigenvalue weighted by molar-refractivity contribution is 8.13. The molecule has 0 heterocycles. The summed E-state index contributed by atoms with van der Waals surface area (Å²) in [7, 11) is 0. The maximum atomic E-state index is 12.8. The maximum Gasteiger partial charge on any atom is 0.264 e. The number of alkyl halides is 2. The summed E-state index contributed by atoms with van der Waals surface area (Å²) in [5, 5.41) is 7.88. The van der Waals surface area contributed by atoms with Crippen LogP contribution in [0.2, 0.25) is 0 Å². The second-order valence-corrected chi connectivity index (χ2v) is 5.38. The second-order valence-electron chi connectivity index (χ2n) is 4.39. The summed E-state index contributed by atoms with van der Waals surface area (Å²) in [5.41, 5.74) is 7.12. The van der Waals surface area contributed by atoms with Gasteiger partial charge in [0.05, 0.1) is 6.21 Å². The van der Waals surface area contributed by atoms with Crippen molar-refractivity contribution in [3.63, 3.8) is 0 Å². The van der Waals surface area contributed by atoms with Gasteiger partial charge in [-0.05, 0) is 5.56 Å². The first-order valence-electron chi connectivity index (χ1n) is 6.57. The molecule has 2 N–H and O–H groups in total. The normalized spacial score (nSPS) is 12.2. The molecule has 0 aliphatic rings. The molecule has 6 heteroatoms. The summed E-state index contributed by atoms with van der Waals surface area (Å²) in [6, 6.07) is 16.0. The van der Waals surface area contributed by atoms with Crippen molar-refractivity contribution in [2.75, 3.05) is 0 Å². The van der Waals surface area contributed by atoms with Crippen LogP contribution < -0.4 is 5.73 Å². The maximum absolute atomic E-state index is 12.8. The lowest BCUT2D eigenvalue weighted by atomic mass is 10.1. The Morgan fingerprint density at radius 1 is 1.09 bits per heavy atom. The topological polar surface area (TPSA) is 50.7 Å². The van der Waals surface area contributed by atoms with Crippen molar-refractivity contribution < 1.29 is 8.78 Å². The number of hydrogen-bond acceptors (Lipinski definition) is 3. The summed E-state index contributed by atoms with van der Waals surface area (Å²) >= 11 is 1.34. The van der Waals surface area contributed by atoms with Crippen molar-refractivity contribution in [1.29, 1.82) is 0 Å². The van der Waals surface area contributed by atoms with Crippen molar-refractivity contribution in [3.8, 4) is 0 Å². The fourth-order valence-corrected chi connectivity index (χ4v) is 2.35. The fraction of sp³-hybridized carbons (Fsp3) is 0.125. The molecule has 0 spiro atoms. The molecule has 0 aliphatic carbocycles. The molecule has 0 radical (unpaired) electrons. The van der Waals surface area contributed by atoms with Crippen molar-refractivity contribution >= 4 is 23.1 Å². The summed E-state index contributed by atoms with van der Waals surface area (Å²) in [6.45, 7) is 0. The number of thioether (sulfide) groups is 1. The Morgan fingerprint density at radius 2 is 1.77 bits per heavy atom. The Morgan fingerprint density at radius 3 is 2.50 bits per heavy atom. The second kappa shape index (κ2) is 8.29. The van der Waals surface area contributed by atoms with Crippen LogP contribution in [0.4, 0.5) is 8.78 Å². The Labute approximate surface area is 132 Å². The Hall–Kier alpha value is -2.21. The van der Waals surface area contributed by atoms with Crippen molar-refractivity contribution in [1.82, 2.24) is 0 Å². The zero-order valence-electron chi connectivity index (χ0n) is 11.7. The number of nitrogens with zero attached hydrogens (tertiary/aromatic N) is 2. The van der Waals surface area contributed by atoms with Crippen LogP contribution in [0.25, 0.3) is 0 Å². The lowest BCUT2D eigenvalue weighted by Gasteiger charge is -2.02. The third kappa shape index (κ3) is 4.96. The van der Waals surface area contributed by atoms with E-state index in [0.29, 0.717) is 11.3 Å². The van der Waals surface area contributed by atoms with Gasteiger partial charge in [-0.1, -0.05) is 66.4 Å². The molecule has 2 aromatic carbocycles. The molecule has 3 nitrogen and oxygen atoms in total. The van der Waals surface area contributed by atoms with Gasteiger partial charge in [-0.2, -0.15) is 5.10 Å². The molecule has 0 saturated heterocycles. The van der Waals surface area contributed by atoms with Crippen molar-refractivity contribution in [2.24, 2.45) is 15.9 Å². The first-order valence-corrected chi connectivity index (χ1v) is 7.55. The van der Waals surface area contributed by atoms with E-state index >= 15 is 0 Å². The van der Waals surface area contributed by atoms with E-state index in [1.807, 2.05) is 30.3 Å². The van der Waals surface area contributed by atoms with Crippen LogP contribution in [0.15, 0.2) is 64.8 Å². The van der Waals surface area contributed by atoms with E-state index in [2.05, 4.69) is 10.2 Å². The Bertz CT molecular complexity index is 657. The predicted octanol–water partition coefficient (Wildman–Crippen LogP) is 4.21. The van der Waals surface area contributed by atoms with Crippen LogP contribution in [0.1, 0.15) is 23.1 Å². The van der Waals surface area contributed by atoms with Gasteiger partial charge in [0.15, 0.2) is 5.17 Å². The highest BCUT2D eigenvalue weighted by atomic mass is 32.2. The lowest BCUT2D eigenvalue weighted by Crippen LogP contribution is -2.06. The quantitative estimate of drug-likeness (QED) is 0.510. The molecule has 0 aliphatic heterocycles. The average Bonchev–Trinajstić information content (AvgIpc) is 2.54. The molecule has 2 aromatic rings. The molecule has 0 saturated carbocycles. The minimum Gasteiger partial charge on any atom is -0.377 e. The standard InChI is InChI=1S/C16H15F2N3S/c17-15(18)14-9-5-4-8-13(14)10-20-21-16(19)22-11-12-6-2-1-3-7-12/h1-10,15H,11H2,(H2,19,21). The van der Waals surface area contributed by atoms with Gasteiger partial charge in [0.2, 0.25) is 0 Å². The van der Waals surface area contributed by atoms with E-state index < -0.39 is 6.43 Å². The zero-order chi connectivity index (χ0) is 15.8. The minimum absolute atomic E-state index is 0.0723. The van der Waals surface area contributed by atoms with Gasteiger partial charge in [0, 0.05) is 16.9 Å². The first-order chi connectivity index (χ1) is 10.7. The molecule has 0 unspecified atom stereocenters. The highest BCUT2D eigenvalue weighted by Gasteiger charge is 2.10. The van der Waals surface area contributed by atoms with Crippen LogP contribution in [-0.2, 0) is 5.75 Å². The van der Waals surface area contributed by atoms with Crippen LogP contribution in [0, 0.1) is 0 Å². The number of rotatable bonds is 5. The number of amidine groups is 1. The number of hydrogen-bond donors (Lipinski definition) is 1. The molecule has 0 amide bonds. The van der Waals surface area contributed by atoms with Gasteiger partial charge < -0.3 is 5.73 Å². The smallest absolute Gasteiger partial charge is 0.264 e. The molecule has 0 bridgehead atoms. The average molecular weight is 319 g/mol. The SMILES string of the molecule is NC(=NN=Cc1ccccc1C(F)F)SCc1ccccc1. The minimum atomic E-state index is -2.54. The Kier molecular flexibility index (Phi) is 6.09. The number of halogens is 2. The van der Waals surface area contributed by atoms with E-state index in [1.54, 1.807) is 18.2 Å². The van der Waals surface area contributed by atoms with Crippen LogP contribution in [0.5, 0.6) is 0 Å². The molecule has 114 valence electrons. The summed E-state index contributed by atoms with van der Waals surface area (Å²) < 4.78 is 25.6. The van der Waals surface area contributed by atoms with E-state index in [0.717, 1.165) is 5.56 Å². The van der Waals surface area contributed by atoms with E-state index in [1.165, 1.54) is 24.0 Å². The van der Waals surface area contributed by atoms with Gasteiger partial charge >= 0.3 is 0 Å². The van der Waals surface area contributed by atoms with Gasteiger partial charge in [-0.3, -0.25) is 0 Å². The van der Waals surface area contributed by atoms with E-state index in [9.17, 15) is 8.78 Å². The van der Waals surface area contributed by atoms with Gasteiger partial charge in [0.25, 0.3) is 6.43 Å². The molecule has 0 atom stereocenters. The van der Waals surface area contributed by atoms with Crippen molar-refractivity contribution in [2.45, 2.75) is 12.2 Å². The first kappa shape index (κ1) is 16.2. The summed E-state index contributed by atoms with van der Waals surface area (Å²) in [5.74, 6) is 0.680. The van der Waals surface area contributed by atoms with Gasteiger partial charge in [-0.25, -0.2) is 8.78 Å². The molecule has 22 heavy (non-hydrogen) atoms. The fourth-order valence-electron chi connectivity index (χ4n) is 1.74. The molecule has 0 aromatic heterocycles. The van der Waals surface area contributed by atoms with Gasteiger partial charge in [0.1, 0.15) is 0 Å². The van der Waals surface area contributed by atoms with E-state index in [4.69, 9.17) is 5.73 Å². The highest BCUT2D eigenvalue weighted by Crippen LogP contribution is 2.21. The van der Waals surface area contributed by atoms with Crippen LogP contribution in [0.3, 0.4) is 0 Å². The van der Waals surface area contributed by atoms with Gasteiger partial charge in [-0.15, -0.1) is 5.10 Å². The summed E-state index contributed by atoms with van der Waals surface area (Å²) in [4.78, 5) is 0. The molecule has 0 fully saturated rings. The summed E-state index contributed by atoms with van der Waals surface area (Å²) in [6.07, 6.45) is -1.26.